The Labute approximate surface area is 158 Å². The Bertz CT molecular complexity index is 778. The Morgan fingerprint density at radius 1 is 1.31 bits per heavy atom. The van der Waals surface area contributed by atoms with Crippen molar-refractivity contribution in [3.63, 3.8) is 0 Å². The van der Waals surface area contributed by atoms with Crippen molar-refractivity contribution in [2.75, 3.05) is 0 Å². The van der Waals surface area contributed by atoms with E-state index in [4.69, 9.17) is 11.6 Å². The second-order valence-corrected chi connectivity index (χ2v) is 7.14. The molecule has 1 saturated carbocycles. The monoisotopic (exact) mass is 373 g/mol. The molecular weight excluding hydrogens is 350 g/mol. The van der Waals surface area contributed by atoms with Crippen LogP contribution >= 0.6 is 11.6 Å². The quantitative estimate of drug-likeness (QED) is 0.790. The molecule has 0 saturated heterocycles. The highest BCUT2D eigenvalue weighted by molar-refractivity contribution is 6.31. The molecule has 1 aliphatic rings. The fourth-order valence-electron chi connectivity index (χ4n) is 3.25. The number of nitrogens with one attached hydrogen (secondary N) is 1. The van der Waals surface area contributed by atoms with Crippen molar-refractivity contribution in [2.45, 2.75) is 51.3 Å². The summed E-state index contributed by atoms with van der Waals surface area (Å²) < 4.78 is 1.74. The van der Waals surface area contributed by atoms with Crippen LogP contribution in [0.2, 0.25) is 5.15 Å². The molecule has 0 spiro atoms. The maximum absolute atomic E-state index is 12.2. The van der Waals surface area contributed by atoms with Gasteiger partial charge in [-0.2, -0.15) is 5.10 Å². The maximum Gasteiger partial charge on any atom is 0.244 e. The van der Waals surface area contributed by atoms with Gasteiger partial charge in [0.15, 0.2) is 0 Å². The number of benzene rings is 1. The maximum atomic E-state index is 12.2. The van der Waals surface area contributed by atoms with Crippen LogP contribution in [0.15, 0.2) is 36.4 Å². The minimum absolute atomic E-state index is 0.132. The minimum Gasteiger partial charge on any atom is -0.393 e. The lowest BCUT2D eigenvalue weighted by molar-refractivity contribution is -0.117. The zero-order chi connectivity index (χ0) is 18.5. The van der Waals surface area contributed by atoms with Crippen LogP contribution in [0, 0.1) is 6.92 Å². The molecule has 6 heteroatoms. The average molecular weight is 374 g/mol. The van der Waals surface area contributed by atoms with Crippen LogP contribution in [-0.2, 0) is 11.3 Å². The average Bonchev–Trinajstić information content (AvgIpc) is 2.89. The number of carbonyl (C=O) groups excluding carboxylic acids is 1. The Morgan fingerprint density at radius 2 is 2.00 bits per heavy atom. The van der Waals surface area contributed by atoms with Gasteiger partial charge in [-0.1, -0.05) is 41.9 Å². The Hall–Kier alpha value is -2.11. The first-order chi connectivity index (χ1) is 12.5. The van der Waals surface area contributed by atoms with Crippen LogP contribution in [0.5, 0.6) is 0 Å². The van der Waals surface area contributed by atoms with Gasteiger partial charge in [0.05, 0.1) is 18.3 Å². The third kappa shape index (κ3) is 4.74. The number of hydrogen-bond donors (Lipinski definition) is 2. The molecule has 0 radical (unpaired) electrons. The standard InChI is InChI=1S/C20H24ClN3O2/c1-14-18(11-12-19(26)22-16-7-9-17(25)10-8-16)20(21)24(23-14)13-15-5-3-2-4-6-15/h2-6,11-12,16-17,25H,7-10,13H2,1H3,(H,22,26). The molecule has 1 fully saturated rings. The van der Waals surface area contributed by atoms with Crippen molar-refractivity contribution in [3.05, 3.63) is 58.4 Å². The summed E-state index contributed by atoms with van der Waals surface area (Å²) in [6, 6.07) is 10.1. The van der Waals surface area contributed by atoms with E-state index in [-0.39, 0.29) is 18.1 Å². The summed E-state index contributed by atoms with van der Waals surface area (Å²) in [7, 11) is 0. The fourth-order valence-corrected chi connectivity index (χ4v) is 3.54. The summed E-state index contributed by atoms with van der Waals surface area (Å²) >= 11 is 6.46. The number of carbonyl (C=O) groups is 1. The molecule has 1 aliphatic carbocycles. The Morgan fingerprint density at radius 3 is 2.69 bits per heavy atom. The van der Waals surface area contributed by atoms with Crippen LogP contribution in [0.3, 0.4) is 0 Å². The van der Waals surface area contributed by atoms with Gasteiger partial charge in [0.1, 0.15) is 5.15 Å². The second-order valence-electron chi connectivity index (χ2n) is 6.78. The molecule has 1 heterocycles. The van der Waals surface area contributed by atoms with E-state index in [1.54, 1.807) is 10.8 Å². The molecule has 26 heavy (non-hydrogen) atoms. The molecule has 138 valence electrons. The van der Waals surface area contributed by atoms with E-state index in [1.165, 1.54) is 6.08 Å². The first-order valence-electron chi connectivity index (χ1n) is 8.96. The van der Waals surface area contributed by atoms with Gasteiger partial charge >= 0.3 is 0 Å². The Balaban J connectivity index is 1.63. The van der Waals surface area contributed by atoms with Gasteiger partial charge in [0, 0.05) is 17.7 Å². The Kier molecular flexibility index (Phi) is 6.12. The van der Waals surface area contributed by atoms with Gasteiger partial charge < -0.3 is 10.4 Å². The highest BCUT2D eigenvalue weighted by Crippen LogP contribution is 2.22. The van der Waals surface area contributed by atoms with E-state index in [1.807, 2.05) is 37.3 Å². The topological polar surface area (TPSA) is 67.2 Å². The van der Waals surface area contributed by atoms with Crippen LogP contribution in [-0.4, -0.2) is 32.9 Å². The summed E-state index contributed by atoms with van der Waals surface area (Å²) in [5.41, 5.74) is 2.66. The summed E-state index contributed by atoms with van der Waals surface area (Å²) in [6.45, 7) is 2.47. The predicted octanol–water partition coefficient (Wildman–Crippen LogP) is 3.33. The van der Waals surface area contributed by atoms with E-state index < -0.39 is 0 Å². The van der Waals surface area contributed by atoms with E-state index in [0.29, 0.717) is 11.7 Å². The molecule has 0 aliphatic heterocycles. The third-order valence-corrected chi connectivity index (χ3v) is 5.13. The first kappa shape index (κ1) is 18.7. The van der Waals surface area contributed by atoms with Crippen LogP contribution in [0.1, 0.15) is 42.5 Å². The zero-order valence-corrected chi connectivity index (χ0v) is 15.6. The minimum atomic E-state index is -0.226. The van der Waals surface area contributed by atoms with E-state index in [2.05, 4.69) is 10.4 Å². The van der Waals surface area contributed by atoms with Gasteiger partial charge in [0.2, 0.25) is 5.91 Å². The van der Waals surface area contributed by atoms with Crippen molar-refractivity contribution in [1.29, 1.82) is 0 Å². The van der Waals surface area contributed by atoms with Crippen molar-refractivity contribution < 1.29 is 9.90 Å². The largest absolute Gasteiger partial charge is 0.393 e. The van der Waals surface area contributed by atoms with Gasteiger partial charge in [0.25, 0.3) is 0 Å². The first-order valence-corrected chi connectivity index (χ1v) is 9.34. The SMILES string of the molecule is Cc1nn(Cc2ccccc2)c(Cl)c1C=CC(=O)NC1CCC(O)CC1. The normalized spacial score (nSPS) is 20.4. The molecule has 3 rings (SSSR count). The number of halogens is 1. The van der Waals surface area contributed by atoms with Crippen molar-refractivity contribution in [2.24, 2.45) is 0 Å². The van der Waals surface area contributed by atoms with E-state index in [9.17, 15) is 9.90 Å². The van der Waals surface area contributed by atoms with E-state index >= 15 is 0 Å². The number of aryl methyl sites for hydroxylation is 1. The summed E-state index contributed by atoms with van der Waals surface area (Å²) in [4.78, 5) is 12.2. The van der Waals surface area contributed by atoms with Gasteiger partial charge in [-0.25, -0.2) is 4.68 Å². The summed E-state index contributed by atoms with van der Waals surface area (Å²) in [5, 5.41) is 17.5. The summed E-state index contributed by atoms with van der Waals surface area (Å²) in [6.07, 6.45) is 6.12. The zero-order valence-electron chi connectivity index (χ0n) is 14.9. The number of hydrogen-bond acceptors (Lipinski definition) is 3. The molecule has 2 N–H and O–H groups in total. The number of rotatable bonds is 5. The van der Waals surface area contributed by atoms with Crippen LogP contribution < -0.4 is 5.32 Å². The van der Waals surface area contributed by atoms with Crippen molar-refractivity contribution >= 4 is 23.6 Å². The highest BCUT2D eigenvalue weighted by Gasteiger charge is 2.20. The van der Waals surface area contributed by atoms with Gasteiger partial charge in [-0.05, 0) is 44.2 Å². The van der Waals surface area contributed by atoms with Crippen molar-refractivity contribution in [1.82, 2.24) is 15.1 Å². The lowest BCUT2D eigenvalue weighted by atomic mass is 9.93. The molecule has 1 aromatic carbocycles. The molecule has 2 aromatic rings. The molecule has 1 aromatic heterocycles. The van der Waals surface area contributed by atoms with Crippen LogP contribution in [0.4, 0.5) is 0 Å². The third-order valence-electron chi connectivity index (χ3n) is 4.73. The number of aromatic nitrogens is 2. The van der Waals surface area contributed by atoms with Crippen molar-refractivity contribution in [3.8, 4) is 0 Å². The predicted molar refractivity (Wildman–Crippen MR) is 103 cm³/mol. The number of aliphatic hydroxyl groups excluding tert-OH is 1. The fraction of sp³-hybridized carbons (Fsp3) is 0.400. The van der Waals surface area contributed by atoms with Gasteiger partial charge in [-0.3, -0.25) is 4.79 Å². The lowest BCUT2D eigenvalue weighted by Gasteiger charge is -2.25. The highest BCUT2D eigenvalue weighted by atomic mass is 35.5. The van der Waals surface area contributed by atoms with E-state index in [0.717, 1.165) is 42.5 Å². The molecule has 5 nitrogen and oxygen atoms in total. The smallest absolute Gasteiger partial charge is 0.244 e. The molecule has 0 unspecified atom stereocenters. The lowest BCUT2D eigenvalue weighted by Crippen LogP contribution is -2.37. The molecule has 0 atom stereocenters. The molecular formula is C20H24ClN3O2. The van der Waals surface area contributed by atoms with Crippen LogP contribution in [0.25, 0.3) is 6.08 Å². The number of aliphatic hydroxyl groups is 1. The molecule has 0 bridgehead atoms. The van der Waals surface area contributed by atoms with Gasteiger partial charge in [-0.15, -0.1) is 0 Å². The molecule has 1 amide bonds. The number of nitrogens with zero attached hydrogens (tertiary/aromatic N) is 2. The second kappa shape index (κ2) is 8.52. The summed E-state index contributed by atoms with van der Waals surface area (Å²) in [5.74, 6) is -0.141. The number of amides is 1.